The van der Waals surface area contributed by atoms with Crippen LogP contribution in [-0.2, 0) is 28.6 Å². The molecular weight excluding hydrogens is 642 g/mol. The molecule has 0 saturated heterocycles. The first-order chi connectivity index (χ1) is 24.6. The maximum absolute atomic E-state index is 12.6. The summed E-state index contributed by atoms with van der Waals surface area (Å²) in [5, 5.41) is 9.58. The largest absolute Gasteiger partial charge is 0.477 e. The summed E-state index contributed by atoms with van der Waals surface area (Å²) in [6.45, 7) is 4.46. The zero-order valence-electron chi connectivity index (χ0n) is 32.8. The number of nitrogens with zero attached hydrogens (tertiary/aromatic N) is 1. The van der Waals surface area contributed by atoms with Gasteiger partial charge in [0.05, 0.1) is 34.4 Å². The van der Waals surface area contributed by atoms with E-state index < -0.39 is 18.1 Å². The SMILES string of the molecule is CC/C=C/C=C/C=C/C=C/C=C/CCCC(=O)OC(COCCC(C(=O)O)[N+](C)(C)C)COC(=O)CCCCC/C=C/CCCCCCCCC. The predicted octanol–water partition coefficient (Wildman–Crippen LogP) is 10.0. The molecule has 2 unspecified atom stereocenters. The van der Waals surface area contributed by atoms with E-state index in [0.717, 1.165) is 44.9 Å². The van der Waals surface area contributed by atoms with Crippen molar-refractivity contribution in [3.05, 3.63) is 72.9 Å². The smallest absolute Gasteiger partial charge is 0.362 e. The molecule has 0 aliphatic rings. The first kappa shape index (κ1) is 47.8. The molecule has 8 heteroatoms. The highest BCUT2D eigenvalue weighted by Gasteiger charge is 2.31. The lowest BCUT2D eigenvalue weighted by Gasteiger charge is -2.31. The van der Waals surface area contributed by atoms with Gasteiger partial charge in [0.25, 0.3) is 0 Å². The number of allylic oxidation sites excluding steroid dienone is 12. The lowest BCUT2D eigenvalue weighted by atomic mass is 10.1. The van der Waals surface area contributed by atoms with Gasteiger partial charge in [-0.15, -0.1) is 0 Å². The van der Waals surface area contributed by atoms with Gasteiger partial charge >= 0.3 is 17.9 Å². The second-order valence-electron chi connectivity index (χ2n) is 13.9. The minimum atomic E-state index is -0.892. The average Bonchev–Trinajstić information content (AvgIpc) is 3.08. The van der Waals surface area contributed by atoms with Gasteiger partial charge < -0.3 is 23.8 Å². The Morgan fingerprint density at radius 3 is 1.73 bits per heavy atom. The highest BCUT2D eigenvalue weighted by Crippen LogP contribution is 2.12. The van der Waals surface area contributed by atoms with Crippen molar-refractivity contribution in [3.8, 4) is 0 Å². The molecule has 1 N–H and O–H groups in total. The van der Waals surface area contributed by atoms with E-state index >= 15 is 0 Å². The Kier molecular flexibility index (Phi) is 31.7. The van der Waals surface area contributed by atoms with E-state index in [4.69, 9.17) is 14.2 Å². The van der Waals surface area contributed by atoms with Gasteiger partial charge in [-0.05, 0) is 51.4 Å². The molecule has 0 heterocycles. The molecule has 0 amide bonds. The topological polar surface area (TPSA) is 99.1 Å². The third-order valence-corrected chi connectivity index (χ3v) is 8.22. The number of hydrogen-bond donors (Lipinski definition) is 1. The Morgan fingerprint density at radius 1 is 0.608 bits per heavy atom. The second kappa shape index (κ2) is 33.9. The zero-order chi connectivity index (χ0) is 37.8. The van der Waals surface area contributed by atoms with Crippen LogP contribution in [0, 0.1) is 0 Å². The van der Waals surface area contributed by atoms with Gasteiger partial charge in [-0.3, -0.25) is 9.59 Å². The van der Waals surface area contributed by atoms with Crippen molar-refractivity contribution in [2.45, 2.75) is 142 Å². The van der Waals surface area contributed by atoms with Crippen LogP contribution in [0.4, 0.5) is 0 Å². The highest BCUT2D eigenvalue weighted by atomic mass is 16.6. The molecule has 0 aromatic heterocycles. The number of esters is 2. The summed E-state index contributed by atoms with van der Waals surface area (Å²) in [4.78, 5) is 36.8. The second-order valence-corrected chi connectivity index (χ2v) is 13.9. The fourth-order valence-electron chi connectivity index (χ4n) is 5.17. The van der Waals surface area contributed by atoms with Gasteiger partial charge in [-0.25, -0.2) is 4.79 Å². The Hall–Kier alpha value is -3.23. The molecule has 0 aliphatic carbocycles. The maximum atomic E-state index is 12.6. The average molecular weight is 715 g/mol. The number of carbonyl (C=O) groups excluding carboxylic acids is 2. The number of hydrogen-bond acceptors (Lipinski definition) is 6. The standard InChI is InChI=1S/C43H71NO7/c1-6-8-10-12-14-16-18-20-22-23-25-27-29-31-33-41(45)50-38-39(37-49-36-35-40(43(47)48)44(3,4)5)51-42(46)34-32-30-28-26-24-21-19-17-15-13-11-9-7-2/h9,11,13,15,17,19,21-24,26,28,39-40H,6-8,10,12,14,16,18,20,25,27,29-38H2,1-5H3/p+1/b11-9+,15-13+,19-17+,23-22+,24-21+,28-26+. The number of carboxylic acid groups (broad SMARTS) is 1. The molecule has 2 atom stereocenters. The van der Waals surface area contributed by atoms with Gasteiger partial charge in [0.15, 0.2) is 12.1 Å². The number of rotatable bonds is 33. The molecular formula is C43H72NO7+. The summed E-state index contributed by atoms with van der Waals surface area (Å²) in [5.41, 5.74) is 0. The van der Waals surface area contributed by atoms with E-state index in [1.165, 1.54) is 44.9 Å². The van der Waals surface area contributed by atoms with Crippen LogP contribution in [0.5, 0.6) is 0 Å². The monoisotopic (exact) mass is 715 g/mol. The van der Waals surface area contributed by atoms with E-state index in [-0.39, 0.29) is 42.7 Å². The van der Waals surface area contributed by atoms with Crippen molar-refractivity contribution in [3.63, 3.8) is 0 Å². The molecule has 0 aromatic carbocycles. The third-order valence-electron chi connectivity index (χ3n) is 8.22. The van der Waals surface area contributed by atoms with Crippen LogP contribution in [0.3, 0.4) is 0 Å². The molecule has 0 rings (SSSR count). The van der Waals surface area contributed by atoms with Crippen LogP contribution >= 0.6 is 0 Å². The van der Waals surface area contributed by atoms with Gasteiger partial charge in [0.2, 0.25) is 0 Å². The first-order valence-electron chi connectivity index (χ1n) is 19.5. The fraction of sp³-hybridized carbons (Fsp3) is 0.651. The van der Waals surface area contributed by atoms with Gasteiger partial charge in [-0.1, -0.05) is 132 Å². The van der Waals surface area contributed by atoms with Gasteiger partial charge in [0.1, 0.15) is 6.61 Å². The minimum Gasteiger partial charge on any atom is -0.477 e. The lowest BCUT2D eigenvalue weighted by Crippen LogP contribution is -2.50. The van der Waals surface area contributed by atoms with Crippen molar-refractivity contribution < 1.29 is 38.2 Å². The number of quaternary nitrogens is 1. The predicted molar refractivity (Wildman–Crippen MR) is 210 cm³/mol. The third kappa shape index (κ3) is 32.4. The summed E-state index contributed by atoms with van der Waals surface area (Å²) >= 11 is 0. The summed E-state index contributed by atoms with van der Waals surface area (Å²) in [5.74, 6) is -1.60. The van der Waals surface area contributed by atoms with Crippen LogP contribution in [0.2, 0.25) is 0 Å². The zero-order valence-corrected chi connectivity index (χ0v) is 32.8. The van der Waals surface area contributed by atoms with Crippen molar-refractivity contribution in [2.24, 2.45) is 0 Å². The number of carbonyl (C=O) groups is 3. The molecule has 0 saturated carbocycles. The quantitative estimate of drug-likeness (QED) is 0.0238. The number of likely N-dealkylation sites (N-methyl/N-ethyl adjacent to an activating group) is 1. The Bertz CT molecular complexity index is 1060. The van der Waals surface area contributed by atoms with Crippen LogP contribution in [0.15, 0.2) is 72.9 Å². The molecule has 0 aromatic rings. The van der Waals surface area contributed by atoms with Gasteiger partial charge in [0, 0.05) is 19.3 Å². The number of ether oxygens (including phenoxy) is 3. The maximum Gasteiger partial charge on any atom is 0.362 e. The van der Waals surface area contributed by atoms with Crippen LogP contribution in [0.1, 0.15) is 129 Å². The molecule has 0 fully saturated rings. The summed E-state index contributed by atoms with van der Waals surface area (Å²) < 4.78 is 17.1. The van der Waals surface area contributed by atoms with Crippen molar-refractivity contribution in [2.75, 3.05) is 41.0 Å². The van der Waals surface area contributed by atoms with E-state index in [2.05, 4.69) is 32.1 Å². The molecule has 0 radical (unpaired) electrons. The Morgan fingerprint density at radius 2 is 1.14 bits per heavy atom. The van der Waals surface area contributed by atoms with Crippen molar-refractivity contribution in [1.82, 2.24) is 0 Å². The van der Waals surface area contributed by atoms with E-state index in [9.17, 15) is 19.5 Å². The molecule has 8 nitrogen and oxygen atoms in total. The molecule has 0 aliphatic heterocycles. The Balaban J connectivity index is 4.57. The van der Waals surface area contributed by atoms with Crippen LogP contribution in [0.25, 0.3) is 0 Å². The summed E-state index contributed by atoms with van der Waals surface area (Å²) in [7, 11) is 5.48. The normalized spacial score (nSPS) is 13.8. The molecule has 290 valence electrons. The summed E-state index contributed by atoms with van der Waals surface area (Å²) in [6, 6.07) is -0.631. The minimum absolute atomic E-state index is 0.0238. The van der Waals surface area contributed by atoms with Crippen LogP contribution in [-0.4, -0.2) is 80.6 Å². The van der Waals surface area contributed by atoms with Crippen molar-refractivity contribution in [1.29, 1.82) is 0 Å². The van der Waals surface area contributed by atoms with Crippen LogP contribution < -0.4 is 0 Å². The van der Waals surface area contributed by atoms with Gasteiger partial charge in [-0.2, -0.15) is 0 Å². The fourth-order valence-corrected chi connectivity index (χ4v) is 5.17. The first-order valence-corrected chi connectivity index (χ1v) is 19.5. The summed E-state index contributed by atoms with van der Waals surface area (Å²) in [6.07, 6.45) is 41.0. The van der Waals surface area contributed by atoms with Crippen molar-refractivity contribution >= 4 is 17.9 Å². The Labute approximate surface area is 311 Å². The molecule has 51 heavy (non-hydrogen) atoms. The number of carboxylic acids is 1. The lowest BCUT2D eigenvalue weighted by molar-refractivity contribution is -0.887. The molecule has 0 bridgehead atoms. The molecule has 0 spiro atoms. The number of unbranched alkanes of at least 4 members (excludes halogenated alkanes) is 11. The number of aliphatic carboxylic acids is 1. The van der Waals surface area contributed by atoms with E-state index in [1.807, 2.05) is 75.8 Å². The highest BCUT2D eigenvalue weighted by molar-refractivity contribution is 5.72. The van der Waals surface area contributed by atoms with E-state index in [0.29, 0.717) is 19.3 Å². The van der Waals surface area contributed by atoms with E-state index in [1.54, 1.807) is 0 Å².